The van der Waals surface area contributed by atoms with Gasteiger partial charge in [-0.15, -0.1) is 0 Å². The predicted octanol–water partition coefficient (Wildman–Crippen LogP) is 4.85. The van der Waals surface area contributed by atoms with Gasteiger partial charge in [-0.3, -0.25) is 9.59 Å². The van der Waals surface area contributed by atoms with E-state index in [0.717, 1.165) is 18.4 Å². The molecule has 146 valence electrons. The van der Waals surface area contributed by atoms with Crippen molar-refractivity contribution in [1.29, 1.82) is 0 Å². The van der Waals surface area contributed by atoms with Gasteiger partial charge >= 0.3 is 0 Å². The van der Waals surface area contributed by atoms with E-state index in [2.05, 4.69) is 16.9 Å². The standard InChI is InChI=1S/C22H23ClN2O3/c1-4-5-10-28-19-9-7-6-8-15(19)17-11-18(26)16(12-24-17)20-13(2)25-14(3)21(23)22(20)27/h6-9,11-12H,4-5,10H2,1-3H3,(H,24,26)(H,25,27). The van der Waals surface area contributed by atoms with Gasteiger partial charge in [0.1, 0.15) is 10.8 Å². The minimum Gasteiger partial charge on any atom is -0.493 e. The van der Waals surface area contributed by atoms with Gasteiger partial charge in [-0.25, -0.2) is 0 Å². The summed E-state index contributed by atoms with van der Waals surface area (Å²) >= 11 is 6.09. The average Bonchev–Trinajstić information content (AvgIpc) is 2.68. The fraction of sp³-hybridized carbons (Fsp3) is 0.273. The number of para-hydroxylation sites is 1. The Labute approximate surface area is 168 Å². The van der Waals surface area contributed by atoms with Crippen molar-refractivity contribution >= 4 is 11.6 Å². The van der Waals surface area contributed by atoms with E-state index in [-0.39, 0.29) is 27.0 Å². The highest BCUT2D eigenvalue weighted by Crippen LogP contribution is 2.29. The molecule has 0 spiro atoms. The molecule has 28 heavy (non-hydrogen) atoms. The molecule has 0 bridgehead atoms. The molecule has 0 fully saturated rings. The minimum atomic E-state index is -0.350. The van der Waals surface area contributed by atoms with Crippen molar-refractivity contribution in [1.82, 2.24) is 9.97 Å². The van der Waals surface area contributed by atoms with Gasteiger partial charge in [-0.2, -0.15) is 0 Å². The zero-order valence-corrected chi connectivity index (χ0v) is 16.9. The van der Waals surface area contributed by atoms with Gasteiger partial charge in [0.05, 0.1) is 23.4 Å². The molecule has 5 nitrogen and oxygen atoms in total. The third kappa shape index (κ3) is 3.90. The first-order valence-corrected chi connectivity index (χ1v) is 9.66. The Bertz CT molecular complexity index is 1120. The van der Waals surface area contributed by atoms with E-state index in [1.54, 1.807) is 20.0 Å². The van der Waals surface area contributed by atoms with E-state index in [4.69, 9.17) is 16.3 Å². The topological polar surface area (TPSA) is 75.0 Å². The molecule has 0 saturated heterocycles. The second kappa shape index (κ2) is 8.48. The van der Waals surface area contributed by atoms with Crippen LogP contribution in [0.3, 0.4) is 0 Å². The Morgan fingerprint density at radius 3 is 2.54 bits per heavy atom. The number of hydrogen-bond donors (Lipinski definition) is 2. The van der Waals surface area contributed by atoms with Gasteiger partial charge in [0.15, 0.2) is 5.43 Å². The number of ether oxygens (including phenoxy) is 1. The van der Waals surface area contributed by atoms with Crippen LogP contribution in [0, 0.1) is 13.8 Å². The van der Waals surface area contributed by atoms with Crippen molar-refractivity contribution in [3.05, 3.63) is 73.4 Å². The van der Waals surface area contributed by atoms with Crippen molar-refractivity contribution in [3.63, 3.8) is 0 Å². The lowest BCUT2D eigenvalue weighted by Crippen LogP contribution is -2.17. The van der Waals surface area contributed by atoms with Gasteiger partial charge in [-0.05, 0) is 32.4 Å². The van der Waals surface area contributed by atoms with Crippen LogP contribution in [0.25, 0.3) is 22.4 Å². The summed E-state index contributed by atoms with van der Waals surface area (Å²) in [7, 11) is 0. The van der Waals surface area contributed by atoms with Crippen molar-refractivity contribution in [2.75, 3.05) is 6.61 Å². The van der Waals surface area contributed by atoms with Crippen LogP contribution in [0.2, 0.25) is 5.02 Å². The molecule has 2 aromatic heterocycles. The smallest absolute Gasteiger partial charge is 0.208 e. The van der Waals surface area contributed by atoms with E-state index >= 15 is 0 Å². The summed E-state index contributed by atoms with van der Waals surface area (Å²) in [6, 6.07) is 9.06. The molecule has 3 rings (SSSR count). The molecular formula is C22H23ClN2O3. The number of unbranched alkanes of at least 4 members (excludes halogenated alkanes) is 1. The lowest BCUT2D eigenvalue weighted by Gasteiger charge is -2.12. The van der Waals surface area contributed by atoms with Crippen molar-refractivity contribution < 1.29 is 4.74 Å². The fourth-order valence-electron chi connectivity index (χ4n) is 3.14. The van der Waals surface area contributed by atoms with E-state index < -0.39 is 0 Å². The minimum absolute atomic E-state index is 0.0961. The maximum absolute atomic E-state index is 12.8. The number of nitrogens with one attached hydrogen (secondary N) is 2. The summed E-state index contributed by atoms with van der Waals surface area (Å²) in [5, 5.41) is 0.0961. The van der Waals surface area contributed by atoms with E-state index in [9.17, 15) is 9.59 Å². The van der Waals surface area contributed by atoms with E-state index in [1.807, 2.05) is 24.3 Å². The zero-order chi connectivity index (χ0) is 20.3. The Morgan fingerprint density at radius 2 is 1.82 bits per heavy atom. The number of benzene rings is 1. The summed E-state index contributed by atoms with van der Waals surface area (Å²) in [6.45, 7) is 6.20. The number of aromatic nitrogens is 2. The maximum atomic E-state index is 12.8. The normalized spacial score (nSPS) is 10.9. The van der Waals surface area contributed by atoms with Crippen molar-refractivity contribution in [2.45, 2.75) is 33.6 Å². The zero-order valence-electron chi connectivity index (χ0n) is 16.2. The summed E-state index contributed by atoms with van der Waals surface area (Å²) < 4.78 is 5.86. The Morgan fingerprint density at radius 1 is 1.07 bits per heavy atom. The van der Waals surface area contributed by atoms with Crippen LogP contribution in [0.4, 0.5) is 0 Å². The Hall–Kier alpha value is -2.79. The summed E-state index contributed by atoms with van der Waals surface area (Å²) in [5.74, 6) is 0.715. The van der Waals surface area contributed by atoms with Crippen LogP contribution >= 0.6 is 11.6 Å². The maximum Gasteiger partial charge on any atom is 0.208 e. The van der Waals surface area contributed by atoms with Crippen molar-refractivity contribution in [3.8, 4) is 28.1 Å². The molecule has 0 atom stereocenters. The van der Waals surface area contributed by atoms with Crippen LogP contribution in [-0.2, 0) is 0 Å². The largest absolute Gasteiger partial charge is 0.493 e. The number of H-pyrrole nitrogens is 2. The van der Waals surface area contributed by atoms with Gasteiger partial charge in [0, 0.05) is 29.2 Å². The number of pyridine rings is 2. The highest BCUT2D eigenvalue weighted by molar-refractivity contribution is 6.31. The third-order valence-corrected chi connectivity index (χ3v) is 5.08. The number of aromatic amines is 2. The van der Waals surface area contributed by atoms with Gasteiger partial charge in [0.25, 0.3) is 0 Å². The molecule has 2 heterocycles. The first-order chi connectivity index (χ1) is 13.4. The Balaban J connectivity index is 2.05. The van der Waals surface area contributed by atoms with Gasteiger partial charge in [0.2, 0.25) is 5.43 Å². The summed E-state index contributed by atoms with van der Waals surface area (Å²) in [4.78, 5) is 31.6. The molecule has 0 aliphatic carbocycles. The molecule has 0 aliphatic rings. The first-order valence-electron chi connectivity index (χ1n) is 9.28. The Kier molecular flexibility index (Phi) is 6.05. The number of rotatable bonds is 6. The summed E-state index contributed by atoms with van der Waals surface area (Å²) in [5.41, 5.74) is 2.59. The van der Waals surface area contributed by atoms with Gasteiger partial charge in [-0.1, -0.05) is 37.1 Å². The van der Waals surface area contributed by atoms with Crippen LogP contribution in [0.5, 0.6) is 5.75 Å². The molecular weight excluding hydrogens is 376 g/mol. The molecule has 0 saturated carbocycles. The first kappa shape index (κ1) is 20.0. The van der Waals surface area contributed by atoms with Crippen LogP contribution < -0.4 is 15.6 Å². The lowest BCUT2D eigenvalue weighted by molar-refractivity contribution is 0.310. The fourth-order valence-corrected chi connectivity index (χ4v) is 3.28. The van der Waals surface area contributed by atoms with Crippen LogP contribution in [0.15, 0.2) is 46.1 Å². The SMILES string of the molecule is CCCCOc1ccccc1-c1cc(=O)c(-c2c(C)[nH]c(C)c(Cl)c2=O)c[nH]1. The van der Waals surface area contributed by atoms with Crippen LogP contribution in [0.1, 0.15) is 31.2 Å². The third-order valence-electron chi connectivity index (χ3n) is 4.62. The van der Waals surface area contributed by atoms with E-state index in [1.165, 1.54) is 6.07 Å². The quantitative estimate of drug-likeness (QED) is 0.583. The lowest BCUT2D eigenvalue weighted by atomic mass is 10.0. The molecule has 2 N–H and O–H groups in total. The second-order valence-electron chi connectivity index (χ2n) is 6.72. The molecule has 0 radical (unpaired) electrons. The second-order valence-corrected chi connectivity index (χ2v) is 7.09. The van der Waals surface area contributed by atoms with Crippen LogP contribution in [-0.4, -0.2) is 16.6 Å². The molecule has 0 unspecified atom stereocenters. The highest BCUT2D eigenvalue weighted by atomic mass is 35.5. The predicted molar refractivity (Wildman–Crippen MR) is 113 cm³/mol. The van der Waals surface area contributed by atoms with Gasteiger partial charge < -0.3 is 14.7 Å². The monoisotopic (exact) mass is 398 g/mol. The van der Waals surface area contributed by atoms with Crippen molar-refractivity contribution in [2.24, 2.45) is 0 Å². The molecule has 1 aromatic carbocycles. The van der Waals surface area contributed by atoms with E-state index in [0.29, 0.717) is 29.4 Å². The average molecular weight is 399 g/mol. The molecule has 6 heteroatoms. The number of aryl methyl sites for hydroxylation is 2. The number of hydrogen-bond acceptors (Lipinski definition) is 3. The molecule has 3 aromatic rings. The summed E-state index contributed by atoms with van der Waals surface area (Å²) in [6.07, 6.45) is 3.56. The highest BCUT2D eigenvalue weighted by Gasteiger charge is 2.17. The molecule has 0 amide bonds. The molecule has 0 aliphatic heterocycles. The number of halogens is 1.